The molecule has 0 aliphatic carbocycles. The molecule has 0 aliphatic heterocycles. The summed E-state index contributed by atoms with van der Waals surface area (Å²) in [6.07, 6.45) is 2.67. The molecule has 0 radical (unpaired) electrons. The normalized spacial score (nSPS) is 11.8. The van der Waals surface area contributed by atoms with Gasteiger partial charge < -0.3 is 24.9 Å². The van der Waals surface area contributed by atoms with Crippen LogP contribution in [0.25, 0.3) is 11.3 Å². The van der Waals surface area contributed by atoms with Crippen molar-refractivity contribution in [1.29, 1.82) is 0 Å². The molecule has 0 unspecified atom stereocenters. The molecule has 0 fully saturated rings. The Kier molecular flexibility index (Phi) is 9.90. The number of oxazole rings is 1. The number of phenols is 1. The summed E-state index contributed by atoms with van der Waals surface area (Å²) in [5.41, 5.74) is 3.12. The molecule has 216 valence electrons. The van der Waals surface area contributed by atoms with E-state index in [4.69, 9.17) is 20.8 Å². The van der Waals surface area contributed by atoms with E-state index in [9.17, 15) is 14.7 Å². The fraction of sp³-hybridized carbons (Fsp3) is 0.452. The highest BCUT2D eigenvalue weighted by atomic mass is 35.5. The van der Waals surface area contributed by atoms with E-state index in [2.05, 4.69) is 57.2 Å². The second kappa shape index (κ2) is 12.8. The van der Waals surface area contributed by atoms with E-state index in [0.717, 1.165) is 16.7 Å². The number of ether oxygens (including phenoxy) is 1. The van der Waals surface area contributed by atoms with E-state index in [1.54, 1.807) is 18.2 Å². The van der Waals surface area contributed by atoms with E-state index in [-0.39, 0.29) is 28.3 Å². The van der Waals surface area contributed by atoms with Gasteiger partial charge in [-0.3, -0.25) is 9.59 Å². The SMILES string of the molecule is COc1ccc(-c2ocnc2C(=O)NCCCNC(=O)CCc2cc(C(C)(C)C)c(O)c(C(C)(C)C)c2)cc1Cl. The molecule has 1 aromatic heterocycles. The maximum atomic E-state index is 12.7. The molecule has 40 heavy (non-hydrogen) atoms. The summed E-state index contributed by atoms with van der Waals surface area (Å²) in [7, 11) is 1.53. The van der Waals surface area contributed by atoms with Gasteiger partial charge in [-0.2, -0.15) is 0 Å². The van der Waals surface area contributed by atoms with Crippen molar-refractivity contribution in [2.75, 3.05) is 20.2 Å². The number of benzene rings is 2. The minimum absolute atomic E-state index is 0.0656. The summed E-state index contributed by atoms with van der Waals surface area (Å²) in [6.45, 7) is 13.2. The number of methoxy groups -OCH3 is 1. The fourth-order valence-corrected chi connectivity index (χ4v) is 4.61. The zero-order valence-electron chi connectivity index (χ0n) is 24.4. The van der Waals surface area contributed by atoms with Crippen molar-refractivity contribution in [2.45, 2.75) is 71.6 Å². The second-order valence-electron chi connectivity index (χ2n) is 11.9. The van der Waals surface area contributed by atoms with Crippen LogP contribution in [0.2, 0.25) is 5.02 Å². The summed E-state index contributed by atoms with van der Waals surface area (Å²) < 4.78 is 10.6. The van der Waals surface area contributed by atoms with Crippen molar-refractivity contribution < 1.29 is 23.8 Å². The van der Waals surface area contributed by atoms with Crippen LogP contribution in [0.15, 0.2) is 41.1 Å². The smallest absolute Gasteiger partial charge is 0.273 e. The molecule has 3 rings (SSSR count). The number of halogens is 1. The van der Waals surface area contributed by atoms with Gasteiger partial charge in [-0.15, -0.1) is 0 Å². The van der Waals surface area contributed by atoms with E-state index in [0.29, 0.717) is 60.2 Å². The number of phenolic OH excluding ortho intramolecular Hbond substituents is 1. The second-order valence-corrected chi connectivity index (χ2v) is 12.3. The fourth-order valence-electron chi connectivity index (χ4n) is 4.35. The Bertz CT molecular complexity index is 1320. The maximum absolute atomic E-state index is 12.7. The number of carbonyl (C=O) groups excluding carboxylic acids is 2. The van der Waals surface area contributed by atoms with Gasteiger partial charge in [0.05, 0.1) is 12.1 Å². The number of carbonyl (C=O) groups is 2. The first kappa shape index (κ1) is 31.0. The van der Waals surface area contributed by atoms with Gasteiger partial charge in [0.2, 0.25) is 5.91 Å². The van der Waals surface area contributed by atoms with Crippen LogP contribution in [0.3, 0.4) is 0 Å². The minimum atomic E-state index is -0.376. The highest BCUT2D eigenvalue weighted by molar-refractivity contribution is 6.32. The number of rotatable bonds is 10. The molecule has 9 heteroatoms. The van der Waals surface area contributed by atoms with Crippen LogP contribution >= 0.6 is 11.6 Å². The third-order valence-corrected chi connectivity index (χ3v) is 6.88. The average Bonchev–Trinajstić information content (AvgIpc) is 3.36. The highest BCUT2D eigenvalue weighted by Gasteiger charge is 2.26. The van der Waals surface area contributed by atoms with E-state index in [1.807, 2.05) is 12.1 Å². The Morgan fingerprint density at radius 2 is 1.62 bits per heavy atom. The Labute approximate surface area is 241 Å². The first-order chi connectivity index (χ1) is 18.7. The molecule has 3 aromatic rings. The van der Waals surface area contributed by atoms with E-state index in [1.165, 1.54) is 13.5 Å². The number of nitrogens with one attached hydrogen (secondary N) is 2. The molecule has 1 heterocycles. The number of amides is 2. The zero-order valence-corrected chi connectivity index (χ0v) is 25.2. The molecule has 0 saturated heterocycles. The summed E-state index contributed by atoms with van der Waals surface area (Å²) in [5.74, 6) is 0.725. The third kappa shape index (κ3) is 7.78. The molecule has 0 bridgehead atoms. The van der Waals surface area contributed by atoms with Gasteiger partial charge in [-0.25, -0.2) is 4.98 Å². The third-order valence-electron chi connectivity index (χ3n) is 6.58. The first-order valence-corrected chi connectivity index (χ1v) is 13.8. The average molecular weight is 570 g/mol. The predicted molar refractivity (Wildman–Crippen MR) is 157 cm³/mol. The Balaban J connectivity index is 1.49. The Hall–Kier alpha value is -3.52. The number of aromatic nitrogens is 1. The molecule has 0 spiro atoms. The lowest BCUT2D eigenvalue weighted by atomic mass is 9.78. The molecule has 3 N–H and O–H groups in total. The molecular formula is C31H40ClN3O5. The van der Waals surface area contributed by atoms with Crippen LogP contribution in [0.5, 0.6) is 11.5 Å². The van der Waals surface area contributed by atoms with Crippen molar-refractivity contribution in [3.05, 3.63) is 64.1 Å². The topological polar surface area (TPSA) is 114 Å². The number of hydrogen-bond donors (Lipinski definition) is 3. The van der Waals surface area contributed by atoms with Crippen molar-refractivity contribution in [3.63, 3.8) is 0 Å². The lowest BCUT2D eigenvalue weighted by molar-refractivity contribution is -0.121. The van der Waals surface area contributed by atoms with Crippen molar-refractivity contribution in [2.24, 2.45) is 0 Å². The summed E-state index contributed by atoms with van der Waals surface area (Å²) in [5, 5.41) is 17.0. The zero-order chi connectivity index (χ0) is 29.7. The van der Waals surface area contributed by atoms with Crippen molar-refractivity contribution in [1.82, 2.24) is 15.6 Å². The molecule has 0 atom stereocenters. The maximum Gasteiger partial charge on any atom is 0.273 e. The molecule has 8 nitrogen and oxygen atoms in total. The monoisotopic (exact) mass is 569 g/mol. The van der Waals surface area contributed by atoms with Gasteiger partial charge in [0, 0.05) is 25.1 Å². The minimum Gasteiger partial charge on any atom is -0.507 e. The van der Waals surface area contributed by atoms with Crippen molar-refractivity contribution >= 4 is 23.4 Å². The summed E-state index contributed by atoms with van der Waals surface area (Å²) >= 11 is 6.20. The molecule has 0 aliphatic rings. The van der Waals surface area contributed by atoms with Gasteiger partial charge >= 0.3 is 0 Å². The van der Waals surface area contributed by atoms with Gasteiger partial charge in [0.15, 0.2) is 17.8 Å². The number of hydrogen-bond acceptors (Lipinski definition) is 6. The van der Waals surface area contributed by atoms with E-state index < -0.39 is 0 Å². The van der Waals surface area contributed by atoms with Gasteiger partial charge in [0.25, 0.3) is 5.91 Å². The lowest BCUT2D eigenvalue weighted by Gasteiger charge is -2.28. The standard InChI is InChI=1S/C31H40ClN3O5/c1-30(2,3)21-15-19(16-22(27(21)37)31(4,5)6)9-12-25(36)33-13-8-14-34-29(38)26-28(40-18-35-26)20-10-11-24(39-7)23(32)17-20/h10-11,15-18,37H,8-9,12-14H2,1-7H3,(H,33,36)(H,34,38). The van der Waals surface area contributed by atoms with Crippen LogP contribution in [-0.2, 0) is 22.0 Å². The lowest BCUT2D eigenvalue weighted by Crippen LogP contribution is -2.30. The predicted octanol–water partition coefficient (Wildman–Crippen LogP) is 6.17. The summed E-state index contributed by atoms with van der Waals surface area (Å²) in [4.78, 5) is 29.3. The van der Waals surface area contributed by atoms with Crippen LogP contribution in [0.4, 0.5) is 0 Å². The molecule has 0 saturated carbocycles. The Morgan fingerprint density at radius 3 is 2.20 bits per heavy atom. The van der Waals surface area contributed by atoms with Gasteiger partial charge in [-0.1, -0.05) is 65.3 Å². The number of nitrogens with zero attached hydrogens (tertiary/aromatic N) is 1. The quantitative estimate of drug-likeness (QED) is 0.251. The van der Waals surface area contributed by atoms with Gasteiger partial charge in [-0.05, 0) is 58.6 Å². The largest absolute Gasteiger partial charge is 0.507 e. The highest BCUT2D eigenvalue weighted by Crippen LogP contribution is 2.40. The van der Waals surface area contributed by atoms with Crippen LogP contribution in [0.1, 0.15) is 81.6 Å². The first-order valence-electron chi connectivity index (χ1n) is 13.4. The summed E-state index contributed by atoms with van der Waals surface area (Å²) in [6, 6.07) is 9.10. The Morgan fingerprint density at radius 1 is 1.00 bits per heavy atom. The number of aryl methyl sites for hydroxylation is 1. The van der Waals surface area contributed by atoms with Crippen LogP contribution in [0, 0.1) is 0 Å². The van der Waals surface area contributed by atoms with Crippen LogP contribution in [-0.4, -0.2) is 42.1 Å². The molecule has 2 aromatic carbocycles. The van der Waals surface area contributed by atoms with Gasteiger partial charge in [0.1, 0.15) is 11.5 Å². The van der Waals surface area contributed by atoms with Crippen molar-refractivity contribution in [3.8, 4) is 22.8 Å². The van der Waals surface area contributed by atoms with E-state index >= 15 is 0 Å². The number of aromatic hydroxyl groups is 1. The molecule has 2 amide bonds. The molecular weight excluding hydrogens is 530 g/mol. The van der Waals surface area contributed by atoms with Crippen LogP contribution < -0.4 is 15.4 Å².